The number of fused-ring (bicyclic) bond motifs is 1. The van der Waals surface area contributed by atoms with Gasteiger partial charge >= 0.3 is 12.1 Å². The van der Waals surface area contributed by atoms with Crippen LogP contribution in [0.3, 0.4) is 0 Å². The molecule has 12 heteroatoms. The number of alkyl halides is 3. The SMILES string of the molecule is O=C1NC(COC(=O)C(CO)(CO)CO)C[C@H]1c1ccc2cc(-c3ccccc3C(F)(F)F)[nH]c(=O)c2c1. The van der Waals surface area contributed by atoms with E-state index in [0.29, 0.717) is 10.9 Å². The average Bonchev–Trinajstić information content (AvgIpc) is 3.28. The van der Waals surface area contributed by atoms with Crippen molar-refractivity contribution in [3.05, 3.63) is 70.0 Å². The van der Waals surface area contributed by atoms with Gasteiger partial charge in [0.25, 0.3) is 5.56 Å². The predicted octanol–water partition coefficient (Wildman–Crippen LogP) is 1.69. The highest BCUT2D eigenvalue weighted by molar-refractivity contribution is 5.90. The number of amides is 1. The van der Waals surface area contributed by atoms with Gasteiger partial charge in [-0.25, -0.2) is 0 Å². The maximum Gasteiger partial charge on any atom is 0.417 e. The molecular formula is C26H25F3N2O7. The zero-order valence-electron chi connectivity index (χ0n) is 19.9. The molecule has 5 N–H and O–H groups in total. The summed E-state index contributed by atoms with van der Waals surface area (Å²) >= 11 is 0. The van der Waals surface area contributed by atoms with Gasteiger partial charge in [0.2, 0.25) is 5.91 Å². The van der Waals surface area contributed by atoms with Crippen LogP contribution in [0.2, 0.25) is 0 Å². The minimum Gasteiger partial charge on any atom is -0.463 e. The number of aliphatic hydroxyl groups is 3. The van der Waals surface area contributed by atoms with Crippen LogP contribution in [0.4, 0.5) is 13.2 Å². The Morgan fingerprint density at radius 3 is 2.34 bits per heavy atom. The topological polar surface area (TPSA) is 149 Å². The molecule has 0 saturated carbocycles. The van der Waals surface area contributed by atoms with Gasteiger partial charge in [-0.05, 0) is 35.6 Å². The number of hydrogen-bond acceptors (Lipinski definition) is 7. The number of ether oxygens (including phenoxy) is 1. The van der Waals surface area contributed by atoms with Crippen molar-refractivity contribution in [2.24, 2.45) is 5.41 Å². The fourth-order valence-electron chi connectivity index (χ4n) is 4.43. The monoisotopic (exact) mass is 534 g/mol. The van der Waals surface area contributed by atoms with E-state index in [2.05, 4.69) is 10.3 Å². The van der Waals surface area contributed by atoms with E-state index in [4.69, 9.17) is 4.74 Å². The van der Waals surface area contributed by atoms with Crippen LogP contribution in [0, 0.1) is 5.41 Å². The van der Waals surface area contributed by atoms with Crippen LogP contribution >= 0.6 is 0 Å². The van der Waals surface area contributed by atoms with Crippen molar-refractivity contribution in [2.45, 2.75) is 24.6 Å². The molecule has 2 aromatic carbocycles. The van der Waals surface area contributed by atoms with Crippen molar-refractivity contribution >= 4 is 22.6 Å². The number of carbonyl (C=O) groups is 2. The lowest BCUT2D eigenvalue weighted by Gasteiger charge is -2.25. The standard InChI is InChI=1S/C26H25F3N2O7/c27-26(28,29)20-4-2-1-3-17(20)21-8-15-6-5-14(7-18(15)23(36)31-21)19-9-16(30-22(19)35)10-38-24(37)25(11-32,12-33)13-34/h1-8,16,19,32-34H,9-13H2,(H,30,35)(H,31,36)/t16?,19-/m0/s1. The molecule has 4 rings (SSSR count). The summed E-state index contributed by atoms with van der Waals surface area (Å²) in [6.07, 6.45) is -4.40. The Kier molecular flexibility index (Phi) is 7.58. The third kappa shape index (κ3) is 5.15. The van der Waals surface area contributed by atoms with E-state index in [9.17, 15) is 42.9 Å². The van der Waals surface area contributed by atoms with Gasteiger partial charge in [0.05, 0.1) is 37.3 Å². The van der Waals surface area contributed by atoms with Crippen molar-refractivity contribution in [1.82, 2.24) is 10.3 Å². The van der Waals surface area contributed by atoms with Gasteiger partial charge in [-0.2, -0.15) is 13.2 Å². The normalized spacial score (nSPS) is 18.0. The van der Waals surface area contributed by atoms with E-state index >= 15 is 0 Å². The Bertz CT molecular complexity index is 1410. The molecule has 1 aliphatic heterocycles. The molecule has 0 radical (unpaired) electrons. The maximum absolute atomic E-state index is 13.5. The first-order valence-corrected chi connectivity index (χ1v) is 11.7. The Morgan fingerprint density at radius 1 is 1.00 bits per heavy atom. The Morgan fingerprint density at radius 2 is 1.68 bits per heavy atom. The molecule has 1 saturated heterocycles. The van der Waals surface area contributed by atoms with E-state index in [1.165, 1.54) is 30.3 Å². The first-order chi connectivity index (χ1) is 18.0. The van der Waals surface area contributed by atoms with Gasteiger partial charge in [-0.3, -0.25) is 14.4 Å². The summed E-state index contributed by atoms with van der Waals surface area (Å²) in [5.74, 6) is -2.08. The quantitative estimate of drug-likeness (QED) is 0.276. The molecule has 0 aliphatic carbocycles. The van der Waals surface area contributed by atoms with Gasteiger partial charge in [-0.1, -0.05) is 30.3 Å². The minimum atomic E-state index is -4.61. The van der Waals surface area contributed by atoms with Crippen LogP contribution in [0.15, 0.2) is 53.3 Å². The first kappa shape index (κ1) is 27.3. The van der Waals surface area contributed by atoms with E-state index in [-0.39, 0.29) is 35.6 Å². The molecule has 3 aromatic rings. The summed E-state index contributed by atoms with van der Waals surface area (Å²) in [5, 5.41) is 31.3. The lowest BCUT2D eigenvalue weighted by molar-refractivity contribution is -0.166. The predicted molar refractivity (Wildman–Crippen MR) is 129 cm³/mol. The fraction of sp³-hybridized carbons (Fsp3) is 0.346. The maximum atomic E-state index is 13.5. The molecule has 0 spiro atoms. The zero-order valence-corrected chi connectivity index (χ0v) is 19.9. The van der Waals surface area contributed by atoms with Crippen molar-refractivity contribution in [3.8, 4) is 11.3 Å². The summed E-state index contributed by atoms with van der Waals surface area (Å²) in [5.41, 5.74) is -3.02. The summed E-state index contributed by atoms with van der Waals surface area (Å²) in [6, 6.07) is 10.4. The van der Waals surface area contributed by atoms with E-state index in [1.54, 1.807) is 12.1 Å². The number of esters is 1. The highest BCUT2D eigenvalue weighted by Gasteiger charge is 2.40. The first-order valence-electron chi connectivity index (χ1n) is 11.7. The van der Waals surface area contributed by atoms with Crippen molar-refractivity contribution in [2.75, 3.05) is 26.4 Å². The third-order valence-corrected chi connectivity index (χ3v) is 6.73. The number of carbonyl (C=O) groups excluding carboxylic acids is 2. The summed E-state index contributed by atoms with van der Waals surface area (Å²) in [7, 11) is 0. The van der Waals surface area contributed by atoms with Crippen LogP contribution in [-0.2, 0) is 20.5 Å². The number of aromatic amines is 1. The van der Waals surface area contributed by atoms with Crippen LogP contribution < -0.4 is 10.9 Å². The van der Waals surface area contributed by atoms with Crippen LogP contribution in [0.5, 0.6) is 0 Å². The number of hydrogen-bond donors (Lipinski definition) is 5. The van der Waals surface area contributed by atoms with Crippen molar-refractivity contribution < 1.29 is 42.8 Å². The third-order valence-electron chi connectivity index (χ3n) is 6.73. The number of benzene rings is 2. The van der Waals surface area contributed by atoms with E-state index in [0.717, 1.165) is 6.07 Å². The van der Waals surface area contributed by atoms with Crippen LogP contribution in [-0.4, -0.2) is 64.6 Å². The van der Waals surface area contributed by atoms with Gasteiger partial charge in [-0.15, -0.1) is 0 Å². The number of aliphatic hydroxyl groups excluding tert-OH is 3. The smallest absolute Gasteiger partial charge is 0.417 e. The number of nitrogens with one attached hydrogen (secondary N) is 2. The van der Waals surface area contributed by atoms with E-state index < -0.39 is 60.5 Å². The lowest BCUT2D eigenvalue weighted by atomic mass is 9.91. The molecule has 1 aromatic heterocycles. The molecule has 38 heavy (non-hydrogen) atoms. The molecule has 1 fully saturated rings. The van der Waals surface area contributed by atoms with Gasteiger partial charge < -0.3 is 30.4 Å². The summed E-state index contributed by atoms with van der Waals surface area (Å²) in [6.45, 7) is -2.74. The Balaban J connectivity index is 1.55. The van der Waals surface area contributed by atoms with Gasteiger partial charge in [0.15, 0.2) is 0 Å². The Labute approximate surface area is 213 Å². The molecule has 2 heterocycles. The molecule has 202 valence electrons. The van der Waals surface area contributed by atoms with Gasteiger partial charge in [0.1, 0.15) is 12.0 Å². The highest BCUT2D eigenvalue weighted by Crippen LogP contribution is 2.37. The second kappa shape index (κ2) is 10.6. The van der Waals surface area contributed by atoms with Crippen LogP contribution in [0.1, 0.15) is 23.5 Å². The molecule has 1 amide bonds. The molecular weight excluding hydrogens is 509 g/mol. The number of pyridine rings is 1. The number of H-pyrrole nitrogens is 1. The average molecular weight is 534 g/mol. The van der Waals surface area contributed by atoms with Crippen molar-refractivity contribution in [1.29, 1.82) is 0 Å². The largest absolute Gasteiger partial charge is 0.463 e. The van der Waals surface area contributed by atoms with Crippen molar-refractivity contribution in [3.63, 3.8) is 0 Å². The molecule has 9 nitrogen and oxygen atoms in total. The molecule has 1 unspecified atom stereocenters. The van der Waals surface area contributed by atoms with Gasteiger partial charge in [0, 0.05) is 16.6 Å². The lowest BCUT2D eigenvalue weighted by Crippen LogP contribution is -2.44. The summed E-state index contributed by atoms with van der Waals surface area (Å²) in [4.78, 5) is 40.2. The second-order valence-electron chi connectivity index (χ2n) is 9.25. The van der Waals surface area contributed by atoms with E-state index in [1.807, 2.05) is 0 Å². The molecule has 1 aliphatic rings. The highest BCUT2D eigenvalue weighted by atomic mass is 19.4. The number of halogens is 3. The zero-order chi connectivity index (χ0) is 27.7. The second-order valence-corrected chi connectivity index (χ2v) is 9.25. The number of aromatic nitrogens is 1. The summed E-state index contributed by atoms with van der Waals surface area (Å²) < 4.78 is 45.5. The molecule has 2 atom stereocenters. The molecule has 0 bridgehead atoms. The fourth-order valence-corrected chi connectivity index (χ4v) is 4.43. The Hall–Kier alpha value is -3.74. The number of rotatable bonds is 8. The minimum absolute atomic E-state index is 0.00776. The van der Waals surface area contributed by atoms with Crippen LogP contribution in [0.25, 0.3) is 22.0 Å².